The lowest BCUT2D eigenvalue weighted by Gasteiger charge is -2.03. The first-order valence-electron chi connectivity index (χ1n) is 4.15. The maximum atomic E-state index is 11.2. The maximum Gasteiger partial charge on any atom is 0.391 e. The van der Waals surface area contributed by atoms with Gasteiger partial charge in [0.2, 0.25) is 6.20 Å². The minimum atomic E-state index is -0.416. The van der Waals surface area contributed by atoms with Crippen LogP contribution in [0.1, 0.15) is 5.56 Å². The van der Waals surface area contributed by atoms with Crippen molar-refractivity contribution in [2.75, 3.05) is 0 Å². The van der Waals surface area contributed by atoms with E-state index in [1.807, 2.05) is 19.1 Å². The molecule has 0 saturated heterocycles. The lowest BCUT2D eigenvalue weighted by molar-refractivity contribution is -0.688. The van der Waals surface area contributed by atoms with Gasteiger partial charge in [-0.15, -0.1) is 5.10 Å². The van der Waals surface area contributed by atoms with Crippen LogP contribution in [-0.2, 0) is 0 Å². The number of hydrogen-bond acceptors (Lipinski definition) is 2. The highest BCUT2D eigenvalue weighted by molar-refractivity contribution is 5.31. The van der Waals surface area contributed by atoms with Crippen LogP contribution in [0.25, 0.3) is 5.69 Å². The van der Waals surface area contributed by atoms with Crippen molar-refractivity contribution in [3.05, 3.63) is 51.6 Å². The van der Waals surface area contributed by atoms with Gasteiger partial charge in [0.05, 0.1) is 0 Å². The highest BCUT2D eigenvalue weighted by Gasteiger charge is 2.05. The molecule has 0 bridgehead atoms. The summed E-state index contributed by atoms with van der Waals surface area (Å²) in [5, 5.41) is 13.6. The summed E-state index contributed by atoms with van der Waals surface area (Å²) in [6.45, 7) is 1.95. The van der Waals surface area contributed by atoms with Crippen molar-refractivity contribution in [3.8, 4) is 5.69 Å². The summed E-state index contributed by atoms with van der Waals surface area (Å²) in [5.74, 6) is 0. The average Bonchev–Trinajstić information content (AvgIpc) is 2.47. The van der Waals surface area contributed by atoms with Gasteiger partial charge < -0.3 is 5.21 Å². The fraction of sp³-hybridized carbons (Fsp3) is 0.111. The third-order valence-electron chi connectivity index (χ3n) is 1.92. The Morgan fingerprint density at radius 3 is 2.50 bits per heavy atom. The molecule has 1 N–H and O–H groups in total. The van der Waals surface area contributed by atoms with E-state index in [2.05, 4.69) is 5.10 Å². The second-order valence-corrected chi connectivity index (χ2v) is 3.06. The lowest BCUT2D eigenvalue weighted by Crippen LogP contribution is -2.36. The van der Waals surface area contributed by atoms with Gasteiger partial charge in [-0.2, -0.15) is 4.85 Å². The molecule has 2 rings (SSSR count). The molecule has 14 heavy (non-hydrogen) atoms. The highest BCUT2D eigenvalue weighted by atomic mass is 16.5. The van der Waals surface area contributed by atoms with Crippen LogP contribution < -0.4 is 10.4 Å². The third-order valence-corrected chi connectivity index (χ3v) is 1.92. The number of rotatable bonds is 1. The number of aryl methyl sites for hydroxylation is 1. The van der Waals surface area contributed by atoms with Crippen molar-refractivity contribution < 1.29 is 4.85 Å². The largest absolute Gasteiger partial charge is 0.692 e. The second kappa shape index (κ2) is 3.02. The molecule has 1 aromatic carbocycles. The molecule has 1 aromatic heterocycles. The molecule has 0 aliphatic rings. The van der Waals surface area contributed by atoms with Crippen molar-refractivity contribution in [3.63, 3.8) is 0 Å². The van der Waals surface area contributed by atoms with Crippen LogP contribution in [0.15, 0.2) is 35.3 Å². The number of aromatic amines is 1. The molecule has 5 heteroatoms. The van der Waals surface area contributed by atoms with Crippen molar-refractivity contribution in [2.45, 2.75) is 6.92 Å². The fourth-order valence-electron chi connectivity index (χ4n) is 1.20. The first kappa shape index (κ1) is 8.55. The first-order chi connectivity index (χ1) is 6.66. The summed E-state index contributed by atoms with van der Waals surface area (Å²) < 4.78 is 0. The standard InChI is InChI=1S/C9H9N3O2/c1-7-2-4-8(5-3-7)12-10-9(13)6-11(12)14/h2-6H,1H3,(H,10,13). The van der Waals surface area contributed by atoms with E-state index in [1.54, 1.807) is 12.1 Å². The van der Waals surface area contributed by atoms with E-state index in [-0.39, 0.29) is 0 Å². The highest BCUT2D eigenvalue weighted by Crippen LogP contribution is 2.04. The van der Waals surface area contributed by atoms with Crippen molar-refractivity contribution in [1.82, 2.24) is 9.90 Å². The van der Waals surface area contributed by atoms with Crippen molar-refractivity contribution in [1.29, 1.82) is 0 Å². The van der Waals surface area contributed by atoms with Gasteiger partial charge in [0.1, 0.15) is 5.69 Å². The Kier molecular flexibility index (Phi) is 1.85. The quantitative estimate of drug-likeness (QED) is 0.513. The van der Waals surface area contributed by atoms with E-state index in [0.717, 1.165) is 16.6 Å². The van der Waals surface area contributed by atoms with Gasteiger partial charge in [0.15, 0.2) is 0 Å². The normalized spacial score (nSPS) is 10.4. The van der Waals surface area contributed by atoms with Gasteiger partial charge in [0, 0.05) is 0 Å². The molecule has 0 aliphatic carbocycles. The van der Waals surface area contributed by atoms with E-state index >= 15 is 0 Å². The van der Waals surface area contributed by atoms with E-state index in [9.17, 15) is 10.0 Å². The Morgan fingerprint density at radius 1 is 1.36 bits per heavy atom. The molecule has 5 nitrogen and oxygen atoms in total. The molecular formula is C9H9N3O2. The first-order valence-corrected chi connectivity index (χ1v) is 4.15. The van der Waals surface area contributed by atoms with Gasteiger partial charge in [-0.3, -0.25) is 0 Å². The van der Waals surface area contributed by atoms with Crippen LogP contribution in [0.2, 0.25) is 0 Å². The lowest BCUT2D eigenvalue weighted by atomic mass is 10.2. The van der Waals surface area contributed by atoms with Crippen LogP contribution in [0.3, 0.4) is 0 Å². The zero-order valence-electron chi connectivity index (χ0n) is 7.60. The number of H-pyrrole nitrogens is 1. The third kappa shape index (κ3) is 1.39. The predicted octanol–water partition coefficient (Wildman–Crippen LogP) is 0.107. The molecule has 0 amide bonds. The molecule has 0 saturated carbocycles. The summed E-state index contributed by atoms with van der Waals surface area (Å²) in [6.07, 6.45) is 0.944. The van der Waals surface area contributed by atoms with Crippen LogP contribution >= 0.6 is 0 Å². The summed E-state index contributed by atoms with van der Waals surface area (Å²) in [4.78, 5) is 12.5. The Morgan fingerprint density at radius 2 is 2.00 bits per heavy atom. The van der Waals surface area contributed by atoms with E-state index < -0.39 is 5.56 Å². The summed E-state index contributed by atoms with van der Waals surface area (Å²) in [7, 11) is 0. The zero-order chi connectivity index (χ0) is 10.1. The molecule has 1 heterocycles. The van der Waals surface area contributed by atoms with Crippen LogP contribution in [0.5, 0.6) is 0 Å². The van der Waals surface area contributed by atoms with Gasteiger partial charge in [0.25, 0.3) is 0 Å². The van der Waals surface area contributed by atoms with Crippen LogP contribution in [0, 0.1) is 12.1 Å². The van der Waals surface area contributed by atoms with E-state index in [1.165, 1.54) is 0 Å². The molecule has 2 aromatic rings. The monoisotopic (exact) mass is 191 g/mol. The number of hydrogen-bond donors (Lipinski definition) is 1. The summed E-state index contributed by atoms with van der Waals surface area (Å²) in [6, 6.07) is 7.26. The Balaban J connectivity index is 2.54. The molecular weight excluding hydrogens is 182 g/mol. The molecule has 0 spiro atoms. The number of benzene rings is 1. The van der Waals surface area contributed by atoms with E-state index in [4.69, 9.17) is 0 Å². The van der Waals surface area contributed by atoms with Crippen LogP contribution in [-0.4, -0.2) is 9.90 Å². The average molecular weight is 191 g/mol. The SMILES string of the molecule is Cc1ccc(-n2[nH]c(=O)c[n+]2[O-])cc1. The number of nitrogens with zero attached hydrogens (tertiary/aromatic N) is 2. The minimum absolute atomic E-state index is 0.416. The summed E-state index contributed by atoms with van der Waals surface area (Å²) >= 11 is 0. The Labute approximate surface area is 79.8 Å². The van der Waals surface area contributed by atoms with Crippen LogP contribution in [0.4, 0.5) is 0 Å². The molecule has 72 valence electrons. The van der Waals surface area contributed by atoms with Crippen molar-refractivity contribution >= 4 is 0 Å². The fourth-order valence-corrected chi connectivity index (χ4v) is 1.20. The topological polar surface area (TPSA) is 64.7 Å². The Bertz CT molecular complexity index is 496. The minimum Gasteiger partial charge on any atom is -0.692 e. The molecule has 0 unspecified atom stereocenters. The smallest absolute Gasteiger partial charge is 0.391 e. The maximum absolute atomic E-state index is 11.2. The van der Waals surface area contributed by atoms with Gasteiger partial charge in [-0.25, -0.2) is 4.79 Å². The number of nitrogens with one attached hydrogen (secondary N) is 1. The van der Waals surface area contributed by atoms with Gasteiger partial charge in [-0.1, -0.05) is 17.7 Å². The molecule has 0 atom stereocenters. The zero-order valence-corrected chi connectivity index (χ0v) is 7.60. The van der Waals surface area contributed by atoms with E-state index in [0.29, 0.717) is 10.5 Å². The van der Waals surface area contributed by atoms with Gasteiger partial charge >= 0.3 is 5.56 Å². The predicted molar refractivity (Wildman–Crippen MR) is 50.1 cm³/mol. The molecule has 0 fully saturated rings. The molecule has 0 radical (unpaired) electrons. The van der Waals surface area contributed by atoms with Crippen molar-refractivity contribution in [2.24, 2.45) is 0 Å². The molecule has 0 aliphatic heterocycles. The second-order valence-electron chi connectivity index (χ2n) is 3.06. The Hall–Kier alpha value is -2.04. The van der Waals surface area contributed by atoms with Gasteiger partial charge in [-0.05, 0) is 23.9 Å². The number of aromatic nitrogens is 3. The summed E-state index contributed by atoms with van der Waals surface area (Å²) in [5.41, 5.74) is 1.31.